The molecule has 0 atom stereocenters. The van der Waals surface area contributed by atoms with E-state index in [1.165, 1.54) is 0 Å². The van der Waals surface area contributed by atoms with Crippen molar-refractivity contribution < 1.29 is 4.79 Å². The standard InChI is InChI=1S/C21H19ClN4O/c1-14(2)20-19(13-25-26(20)18-9-7-17(22)8-10-18)21(27)24-12-16-5-3-15(11-23)4-6-16/h3-10,13-14H,12H2,1-2H3,(H,24,27). The molecule has 136 valence electrons. The molecule has 0 aliphatic rings. The van der Waals surface area contributed by atoms with E-state index in [1.807, 2.05) is 38.1 Å². The molecule has 0 saturated carbocycles. The number of amides is 1. The molecule has 3 aromatic rings. The quantitative estimate of drug-likeness (QED) is 0.712. The van der Waals surface area contributed by atoms with Crippen molar-refractivity contribution in [3.8, 4) is 11.8 Å². The van der Waals surface area contributed by atoms with Gasteiger partial charge in [-0.05, 0) is 47.9 Å². The van der Waals surface area contributed by atoms with Gasteiger partial charge < -0.3 is 5.32 Å². The van der Waals surface area contributed by atoms with E-state index in [1.54, 1.807) is 35.1 Å². The predicted octanol–water partition coefficient (Wildman–Crippen LogP) is 4.45. The van der Waals surface area contributed by atoms with Gasteiger partial charge in [0.15, 0.2) is 0 Å². The lowest BCUT2D eigenvalue weighted by molar-refractivity contribution is 0.0949. The van der Waals surface area contributed by atoms with Crippen molar-refractivity contribution in [3.05, 3.63) is 82.1 Å². The van der Waals surface area contributed by atoms with Gasteiger partial charge in [-0.15, -0.1) is 0 Å². The number of halogens is 1. The van der Waals surface area contributed by atoms with Crippen LogP contribution >= 0.6 is 11.6 Å². The second kappa shape index (κ2) is 8.07. The highest BCUT2D eigenvalue weighted by Crippen LogP contribution is 2.24. The van der Waals surface area contributed by atoms with Crippen LogP contribution in [0.4, 0.5) is 0 Å². The maximum atomic E-state index is 12.7. The highest BCUT2D eigenvalue weighted by molar-refractivity contribution is 6.30. The highest BCUT2D eigenvalue weighted by atomic mass is 35.5. The van der Waals surface area contributed by atoms with E-state index in [0.717, 1.165) is 16.9 Å². The van der Waals surface area contributed by atoms with E-state index in [4.69, 9.17) is 16.9 Å². The van der Waals surface area contributed by atoms with Crippen LogP contribution in [-0.4, -0.2) is 15.7 Å². The Labute approximate surface area is 163 Å². The van der Waals surface area contributed by atoms with Crippen LogP contribution < -0.4 is 5.32 Å². The molecular weight excluding hydrogens is 360 g/mol. The molecule has 2 aromatic carbocycles. The summed E-state index contributed by atoms with van der Waals surface area (Å²) in [4.78, 5) is 12.7. The number of nitriles is 1. The molecule has 0 aliphatic heterocycles. The Bertz CT molecular complexity index is 983. The minimum Gasteiger partial charge on any atom is -0.348 e. The minimum atomic E-state index is -0.178. The fraction of sp³-hybridized carbons (Fsp3) is 0.190. The van der Waals surface area contributed by atoms with E-state index in [2.05, 4.69) is 16.5 Å². The molecule has 1 aromatic heterocycles. The molecule has 1 heterocycles. The highest BCUT2D eigenvalue weighted by Gasteiger charge is 2.20. The molecule has 1 N–H and O–H groups in total. The van der Waals surface area contributed by atoms with Crippen LogP contribution in [0.15, 0.2) is 54.7 Å². The second-order valence-electron chi connectivity index (χ2n) is 6.48. The SMILES string of the molecule is CC(C)c1c(C(=O)NCc2ccc(C#N)cc2)cnn1-c1ccc(Cl)cc1. The molecule has 0 radical (unpaired) electrons. The van der Waals surface area contributed by atoms with Crippen molar-refractivity contribution in [2.45, 2.75) is 26.3 Å². The number of hydrogen-bond acceptors (Lipinski definition) is 3. The number of hydrogen-bond donors (Lipinski definition) is 1. The summed E-state index contributed by atoms with van der Waals surface area (Å²) in [6, 6.07) is 16.6. The first-order valence-corrected chi connectivity index (χ1v) is 8.98. The molecule has 6 heteroatoms. The van der Waals surface area contributed by atoms with Crippen molar-refractivity contribution in [3.63, 3.8) is 0 Å². The lowest BCUT2D eigenvalue weighted by Crippen LogP contribution is -2.24. The Kier molecular flexibility index (Phi) is 5.58. The van der Waals surface area contributed by atoms with Gasteiger partial charge in [-0.3, -0.25) is 4.79 Å². The van der Waals surface area contributed by atoms with Gasteiger partial charge >= 0.3 is 0 Å². The average molecular weight is 379 g/mol. The van der Waals surface area contributed by atoms with Crippen molar-refractivity contribution in [2.24, 2.45) is 0 Å². The zero-order valence-electron chi connectivity index (χ0n) is 15.1. The summed E-state index contributed by atoms with van der Waals surface area (Å²) in [5, 5.41) is 16.8. The van der Waals surface area contributed by atoms with E-state index < -0.39 is 0 Å². The maximum absolute atomic E-state index is 12.7. The second-order valence-corrected chi connectivity index (χ2v) is 6.91. The largest absolute Gasteiger partial charge is 0.348 e. The monoisotopic (exact) mass is 378 g/mol. The van der Waals surface area contributed by atoms with Crippen LogP contribution in [0.5, 0.6) is 0 Å². The Morgan fingerprint density at radius 3 is 2.44 bits per heavy atom. The van der Waals surface area contributed by atoms with Gasteiger partial charge in [-0.1, -0.05) is 37.6 Å². The third kappa shape index (κ3) is 4.18. The van der Waals surface area contributed by atoms with Crippen molar-refractivity contribution >= 4 is 17.5 Å². The van der Waals surface area contributed by atoms with E-state index in [0.29, 0.717) is 22.7 Å². The molecule has 0 unspecified atom stereocenters. The van der Waals surface area contributed by atoms with Gasteiger partial charge in [-0.2, -0.15) is 10.4 Å². The summed E-state index contributed by atoms with van der Waals surface area (Å²) in [7, 11) is 0. The third-order valence-electron chi connectivity index (χ3n) is 4.21. The number of benzene rings is 2. The molecule has 27 heavy (non-hydrogen) atoms. The zero-order valence-corrected chi connectivity index (χ0v) is 15.9. The van der Waals surface area contributed by atoms with Gasteiger partial charge in [0, 0.05) is 11.6 Å². The zero-order chi connectivity index (χ0) is 19.4. The fourth-order valence-electron chi connectivity index (χ4n) is 2.85. The molecule has 5 nitrogen and oxygen atoms in total. The normalized spacial score (nSPS) is 10.6. The number of carbonyl (C=O) groups excluding carboxylic acids is 1. The average Bonchev–Trinajstić information content (AvgIpc) is 3.12. The van der Waals surface area contributed by atoms with Gasteiger partial charge in [-0.25, -0.2) is 4.68 Å². The Morgan fingerprint density at radius 2 is 1.85 bits per heavy atom. The van der Waals surface area contributed by atoms with Gasteiger partial charge in [0.25, 0.3) is 5.91 Å². The van der Waals surface area contributed by atoms with Crippen LogP contribution in [0, 0.1) is 11.3 Å². The summed E-state index contributed by atoms with van der Waals surface area (Å²) < 4.78 is 1.78. The first-order valence-electron chi connectivity index (χ1n) is 8.60. The van der Waals surface area contributed by atoms with Gasteiger partial charge in [0.1, 0.15) is 0 Å². The summed E-state index contributed by atoms with van der Waals surface area (Å²) in [6.07, 6.45) is 1.60. The Morgan fingerprint density at radius 1 is 1.19 bits per heavy atom. The molecule has 1 amide bonds. The smallest absolute Gasteiger partial charge is 0.255 e. The first kappa shape index (κ1) is 18.7. The maximum Gasteiger partial charge on any atom is 0.255 e. The van der Waals surface area contributed by atoms with Crippen LogP contribution in [0.1, 0.15) is 46.9 Å². The lowest BCUT2D eigenvalue weighted by atomic mass is 10.0. The molecule has 0 fully saturated rings. The van der Waals surface area contributed by atoms with Crippen LogP contribution in [-0.2, 0) is 6.54 Å². The van der Waals surface area contributed by atoms with E-state index in [9.17, 15) is 4.79 Å². The number of nitrogens with one attached hydrogen (secondary N) is 1. The molecule has 0 saturated heterocycles. The van der Waals surface area contributed by atoms with Crippen molar-refractivity contribution in [1.29, 1.82) is 5.26 Å². The molecular formula is C21H19ClN4O. The lowest BCUT2D eigenvalue weighted by Gasteiger charge is -2.13. The Hall–Kier alpha value is -3.10. The van der Waals surface area contributed by atoms with Crippen LogP contribution in [0.3, 0.4) is 0 Å². The topological polar surface area (TPSA) is 70.7 Å². The van der Waals surface area contributed by atoms with E-state index in [-0.39, 0.29) is 11.8 Å². The summed E-state index contributed by atoms with van der Waals surface area (Å²) >= 11 is 5.96. The molecule has 0 aliphatic carbocycles. The van der Waals surface area contributed by atoms with Gasteiger partial charge in [0.2, 0.25) is 0 Å². The first-order chi connectivity index (χ1) is 13.0. The summed E-state index contributed by atoms with van der Waals surface area (Å²) in [5.41, 5.74) is 3.77. The summed E-state index contributed by atoms with van der Waals surface area (Å²) in [6.45, 7) is 4.44. The Balaban J connectivity index is 1.82. The van der Waals surface area contributed by atoms with Crippen molar-refractivity contribution in [1.82, 2.24) is 15.1 Å². The predicted molar refractivity (Wildman–Crippen MR) is 105 cm³/mol. The minimum absolute atomic E-state index is 0.110. The molecule has 0 bridgehead atoms. The summed E-state index contributed by atoms with van der Waals surface area (Å²) in [5.74, 6) is -0.0675. The third-order valence-corrected chi connectivity index (χ3v) is 4.46. The van der Waals surface area contributed by atoms with Crippen LogP contribution in [0.25, 0.3) is 5.69 Å². The number of rotatable bonds is 5. The van der Waals surface area contributed by atoms with Crippen molar-refractivity contribution in [2.75, 3.05) is 0 Å². The molecule has 3 rings (SSSR count). The molecule has 0 spiro atoms. The number of nitrogens with zero attached hydrogens (tertiary/aromatic N) is 3. The van der Waals surface area contributed by atoms with E-state index >= 15 is 0 Å². The number of aromatic nitrogens is 2. The fourth-order valence-corrected chi connectivity index (χ4v) is 2.98. The van der Waals surface area contributed by atoms with Gasteiger partial charge in [0.05, 0.1) is 34.8 Å². The number of carbonyl (C=O) groups is 1. The van der Waals surface area contributed by atoms with Crippen LogP contribution in [0.2, 0.25) is 5.02 Å².